The number of nitrogens with one attached hydrogen (secondary N) is 1. The minimum Gasteiger partial charge on any atom is -0.352 e. The maximum Gasteiger partial charge on any atom is 0.217 e. The van der Waals surface area contributed by atoms with Crippen LogP contribution in [0.25, 0.3) is 0 Å². The van der Waals surface area contributed by atoms with Gasteiger partial charge in [0.15, 0.2) is 0 Å². The lowest BCUT2D eigenvalue weighted by molar-refractivity contribution is -0.119. The molecule has 1 fully saturated rings. The van der Waals surface area contributed by atoms with Crippen molar-refractivity contribution in [2.45, 2.75) is 32.7 Å². The predicted molar refractivity (Wildman–Crippen MR) is 72.1 cm³/mol. The Morgan fingerprint density at radius 2 is 2.22 bits per heavy atom. The zero-order valence-electron chi connectivity index (χ0n) is 10.9. The van der Waals surface area contributed by atoms with Crippen molar-refractivity contribution in [2.24, 2.45) is 5.92 Å². The third-order valence-electron chi connectivity index (χ3n) is 2.94. The summed E-state index contributed by atoms with van der Waals surface area (Å²) in [6.45, 7) is 4.17. The van der Waals surface area contributed by atoms with Crippen LogP contribution in [0, 0.1) is 5.92 Å². The average molecular weight is 297 g/mol. The molecule has 0 spiro atoms. The van der Waals surface area contributed by atoms with Crippen molar-refractivity contribution in [3.63, 3.8) is 0 Å². The van der Waals surface area contributed by atoms with E-state index in [0.717, 1.165) is 12.8 Å². The zero-order chi connectivity index (χ0) is 13.8. The highest BCUT2D eigenvalue weighted by Crippen LogP contribution is 2.16. The van der Waals surface area contributed by atoms with Crippen LogP contribution >= 0.6 is 11.6 Å². The number of carbonyl (C=O) groups is 1. The van der Waals surface area contributed by atoms with Gasteiger partial charge in [0.05, 0.1) is 5.75 Å². The molecule has 0 bridgehead atoms. The van der Waals surface area contributed by atoms with Gasteiger partial charge in [-0.05, 0) is 18.8 Å². The molecule has 1 aliphatic heterocycles. The molecule has 1 N–H and O–H groups in total. The molecule has 1 rings (SSSR count). The molecule has 2 atom stereocenters. The van der Waals surface area contributed by atoms with Crippen LogP contribution in [0.15, 0.2) is 0 Å². The van der Waals surface area contributed by atoms with Crippen LogP contribution < -0.4 is 5.32 Å². The van der Waals surface area contributed by atoms with Crippen LogP contribution in [0.5, 0.6) is 0 Å². The summed E-state index contributed by atoms with van der Waals surface area (Å²) in [7, 11) is -3.27. The van der Waals surface area contributed by atoms with E-state index in [9.17, 15) is 13.2 Å². The largest absolute Gasteiger partial charge is 0.352 e. The maximum absolute atomic E-state index is 12.1. The highest BCUT2D eigenvalue weighted by atomic mass is 35.5. The summed E-state index contributed by atoms with van der Waals surface area (Å²) in [5.41, 5.74) is 0. The summed E-state index contributed by atoms with van der Waals surface area (Å²) in [5.74, 6) is 0.233. The van der Waals surface area contributed by atoms with Gasteiger partial charge >= 0.3 is 0 Å². The average Bonchev–Trinajstić information content (AvgIpc) is 2.27. The molecule has 7 heteroatoms. The lowest BCUT2D eigenvalue weighted by Crippen LogP contribution is -2.50. The van der Waals surface area contributed by atoms with E-state index in [1.807, 2.05) is 6.92 Å². The van der Waals surface area contributed by atoms with Crippen LogP contribution in [-0.2, 0) is 14.8 Å². The summed E-state index contributed by atoms with van der Waals surface area (Å²) in [6.07, 6.45) is 1.61. The Hall–Kier alpha value is -0.330. The Morgan fingerprint density at radius 3 is 2.78 bits per heavy atom. The van der Waals surface area contributed by atoms with E-state index in [1.54, 1.807) is 0 Å². The highest BCUT2D eigenvalue weighted by Gasteiger charge is 2.30. The summed E-state index contributed by atoms with van der Waals surface area (Å²) in [5, 5.41) is 2.78. The maximum atomic E-state index is 12.1. The van der Waals surface area contributed by atoms with E-state index in [2.05, 4.69) is 5.32 Å². The summed E-state index contributed by atoms with van der Waals surface area (Å²) in [4.78, 5) is 11.0. The van der Waals surface area contributed by atoms with Crippen molar-refractivity contribution in [1.82, 2.24) is 9.62 Å². The number of rotatable bonds is 5. The molecule has 18 heavy (non-hydrogen) atoms. The Balaban J connectivity index is 2.62. The molecule has 0 radical (unpaired) electrons. The number of carbonyl (C=O) groups excluding carboxylic acids is 1. The molecule has 1 aliphatic rings. The number of halogens is 1. The minimum absolute atomic E-state index is 0.0576. The molecule has 106 valence electrons. The fourth-order valence-corrected chi connectivity index (χ4v) is 4.21. The fourth-order valence-electron chi connectivity index (χ4n) is 2.11. The lowest BCUT2D eigenvalue weighted by atomic mass is 10.1. The lowest BCUT2D eigenvalue weighted by Gasteiger charge is -2.32. The molecule has 1 heterocycles. The Labute approximate surface area is 114 Å². The number of piperidine rings is 1. The van der Waals surface area contributed by atoms with Crippen LogP contribution in [0.2, 0.25) is 0 Å². The van der Waals surface area contributed by atoms with Gasteiger partial charge in [-0.15, -0.1) is 11.6 Å². The second kappa shape index (κ2) is 6.73. The van der Waals surface area contributed by atoms with E-state index in [4.69, 9.17) is 11.6 Å². The van der Waals surface area contributed by atoms with Crippen molar-refractivity contribution in [3.05, 3.63) is 0 Å². The smallest absolute Gasteiger partial charge is 0.217 e. The van der Waals surface area contributed by atoms with Crippen molar-refractivity contribution in [1.29, 1.82) is 0 Å². The molecule has 2 unspecified atom stereocenters. The van der Waals surface area contributed by atoms with E-state index >= 15 is 0 Å². The molecule has 0 aromatic rings. The molecular weight excluding hydrogens is 276 g/mol. The van der Waals surface area contributed by atoms with Crippen molar-refractivity contribution in [2.75, 3.05) is 24.7 Å². The van der Waals surface area contributed by atoms with E-state index in [1.165, 1.54) is 11.2 Å². The summed E-state index contributed by atoms with van der Waals surface area (Å²) >= 11 is 5.65. The van der Waals surface area contributed by atoms with Crippen molar-refractivity contribution >= 4 is 27.5 Å². The molecule has 0 saturated carbocycles. The quantitative estimate of drug-likeness (QED) is 0.763. The second-order valence-corrected chi connectivity index (χ2v) is 7.26. The first-order valence-corrected chi connectivity index (χ1v) is 8.30. The molecule has 0 aromatic carbocycles. The van der Waals surface area contributed by atoms with Gasteiger partial charge in [0.1, 0.15) is 0 Å². The van der Waals surface area contributed by atoms with E-state index in [-0.39, 0.29) is 23.6 Å². The van der Waals surface area contributed by atoms with E-state index in [0.29, 0.717) is 19.0 Å². The van der Waals surface area contributed by atoms with Crippen molar-refractivity contribution < 1.29 is 13.2 Å². The molecule has 5 nitrogen and oxygen atoms in total. The van der Waals surface area contributed by atoms with Gasteiger partial charge in [0, 0.05) is 31.9 Å². The normalized spacial score (nSPS) is 23.6. The van der Waals surface area contributed by atoms with Crippen molar-refractivity contribution in [3.8, 4) is 0 Å². The van der Waals surface area contributed by atoms with Gasteiger partial charge in [-0.25, -0.2) is 8.42 Å². The number of amides is 1. The summed E-state index contributed by atoms with van der Waals surface area (Å²) < 4.78 is 25.8. The van der Waals surface area contributed by atoms with Crippen LogP contribution in [-0.4, -0.2) is 49.4 Å². The number of sulfonamides is 1. The monoisotopic (exact) mass is 296 g/mol. The number of alkyl halides is 1. The first-order chi connectivity index (χ1) is 8.35. The Kier molecular flexibility index (Phi) is 5.88. The van der Waals surface area contributed by atoms with E-state index < -0.39 is 10.0 Å². The summed E-state index contributed by atoms with van der Waals surface area (Å²) in [6, 6.07) is -0.0719. The second-order valence-electron chi connectivity index (χ2n) is 4.94. The third-order valence-corrected chi connectivity index (χ3v) is 5.58. The van der Waals surface area contributed by atoms with Crippen LogP contribution in [0.4, 0.5) is 0 Å². The molecular formula is C11H21ClN2O3S. The topological polar surface area (TPSA) is 66.5 Å². The van der Waals surface area contributed by atoms with Gasteiger partial charge in [0.25, 0.3) is 0 Å². The molecule has 0 aliphatic carbocycles. The minimum atomic E-state index is -3.27. The predicted octanol–water partition coefficient (Wildman–Crippen LogP) is 0.792. The van der Waals surface area contributed by atoms with Gasteiger partial charge in [-0.2, -0.15) is 4.31 Å². The third kappa shape index (κ3) is 4.74. The number of nitrogens with zero attached hydrogens (tertiary/aromatic N) is 1. The van der Waals surface area contributed by atoms with Gasteiger partial charge in [-0.3, -0.25) is 4.79 Å². The standard InChI is InChI=1S/C11H21ClN2O3S/c1-9(6-12)8-18(16,17)14-5-3-4-11(7-14)13-10(2)15/h9,11H,3-8H2,1-2H3,(H,13,15). The Morgan fingerprint density at radius 1 is 1.56 bits per heavy atom. The SMILES string of the molecule is CC(=O)NC1CCCN(S(=O)(=O)CC(C)CCl)C1. The Bertz CT molecular complexity index is 386. The van der Waals surface area contributed by atoms with Gasteiger partial charge in [0.2, 0.25) is 15.9 Å². The zero-order valence-corrected chi connectivity index (χ0v) is 12.4. The molecule has 1 saturated heterocycles. The number of hydrogen-bond acceptors (Lipinski definition) is 3. The first kappa shape index (κ1) is 15.7. The van der Waals surface area contributed by atoms with Crippen LogP contribution in [0.1, 0.15) is 26.7 Å². The molecule has 1 amide bonds. The van der Waals surface area contributed by atoms with Gasteiger partial charge in [-0.1, -0.05) is 6.92 Å². The molecule has 0 aromatic heterocycles. The number of hydrogen-bond donors (Lipinski definition) is 1. The van der Waals surface area contributed by atoms with Crippen LogP contribution in [0.3, 0.4) is 0 Å². The first-order valence-electron chi connectivity index (χ1n) is 6.16. The fraction of sp³-hybridized carbons (Fsp3) is 0.909. The highest BCUT2D eigenvalue weighted by molar-refractivity contribution is 7.89. The van der Waals surface area contributed by atoms with Gasteiger partial charge < -0.3 is 5.32 Å².